The molecular formula is C24H23ClN6O. The minimum atomic E-state index is -0.241. The number of pyridine rings is 1. The van der Waals surface area contributed by atoms with Gasteiger partial charge >= 0.3 is 0 Å². The van der Waals surface area contributed by atoms with Gasteiger partial charge in [-0.3, -0.25) is 14.1 Å². The molecule has 0 aliphatic carbocycles. The molecule has 1 aromatic carbocycles. The van der Waals surface area contributed by atoms with E-state index < -0.39 is 0 Å². The van der Waals surface area contributed by atoms with E-state index in [0.29, 0.717) is 10.9 Å². The maximum atomic E-state index is 14.0. The number of anilines is 1. The molecular weight excluding hydrogens is 424 g/mol. The first kappa shape index (κ1) is 19.5. The topological polar surface area (TPSA) is 67.5 Å². The number of aryl methyl sites for hydroxylation is 3. The molecule has 0 saturated carbocycles. The standard InChI is InChI=1S/C24H23ClN6O/c1-13-8-18(11-30-14(2)27-28-23(13)30)31-21(15-4-6-17(25)7-5-15)22-20(24(31)32)19(12-29(22)3)16-9-26-10-16/h4-8,11-12,16,21,26H,9-10H2,1-3H3. The van der Waals surface area contributed by atoms with Crippen LogP contribution >= 0.6 is 11.6 Å². The van der Waals surface area contributed by atoms with Crippen molar-refractivity contribution in [1.82, 2.24) is 24.5 Å². The molecule has 1 amide bonds. The van der Waals surface area contributed by atoms with Gasteiger partial charge in [-0.05, 0) is 48.7 Å². The van der Waals surface area contributed by atoms with E-state index in [1.165, 1.54) is 0 Å². The first-order valence-electron chi connectivity index (χ1n) is 10.7. The molecule has 4 aromatic rings. The van der Waals surface area contributed by atoms with E-state index in [1.807, 2.05) is 66.7 Å². The summed E-state index contributed by atoms with van der Waals surface area (Å²) in [5.41, 5.74) is 6.63. The van der Waals surface area contributed by atoms with Crippen LogP contribution in [0.15, 0.2) is 42.7 Å². The molecule has 5 heterocycles. The first-order chi connectivity index (χ1) is 15.4. The summed E-state index contributed by atoms with van der Waals surface area (Å²) in [5.74, 6) is 1.19. The number of amides is 1. The van der Waals surface area contributed by atoms with Crippen LogP contribution in [0.25, 0.3) is 5.65 Å². The molecule has 2 aliphatic heterocycles. The summed E-state index contributed by atoms with van der Waals surface area (Å²) in [6.45, 7) is 5.73. The highest BCUT2D eigenvalue weighted by Gasteiger charge is 2.44. The Balaban J connectivity index is 1.58. The molecule has 1 N–H and O–H groups in total. The number of fused-ring (bicyclic) bond motifs is 2. The lowest BCUT2D eigenvalue weighted by Gasteiger charge is -2.29. The number of nitrogens with zero attached hydrogens (tertiary/aromatic N) is 5. The Labute approximate surface area is 190 Å². The number of hydrogen-bond donors (Lipinski definition) is 1. The Morgan fingerprint density at radius 1 is 1.09 bits per heavy atom. The maximum absolute atomic E-state index is 14.0. The van der Waals surface area contributed by atoms with Crippen molar-refractivity contribution in [3.05, 3.63) is 81.5 Å². The van der Waals surface area contributed by atoms with Gasteiger partial charge in [-0.25, -0.2) is 0 Å². The van der Waals surface area contributed by atoms with E-state index in [9.17, 15) is 4.79 Å². The molecule has 2 aliphatic rings. The minimum Gasteiger partial charge on any atom is -0.351 e. The average molecular weight is 447 g/mol. The molecule has 8 heteroatoms. The van der Waals surface area contributed by atoms with Crippen LogP contribution in [0.4, 0.5) is 5.69 Å². The number of carbonyl (C=O) groups is 1. The lowest BCUT2D eigenvalue weighted by Crippen LogP contribution is -2.40. The third kappa shape index (κ3) is 2.68. The summed E-state index contributed by atoms with van der Waals surface area (Å²) in [5, 5.41) is 12.5. The molecule has 1 unspecified atom stereocenters. The molecule has 7 nitrogen and oxygen atoms in total. The third-order valence-electron chi connectivity index (χ3n) is 6.74. The fraction of sp³-hybridized carbons (Fsp3) is 0.292. The smallest absolute Gasteiger partial charge is 0.261 e. The minimum absolute atomic E-state index is 0.0342. The van der Waals surface area contributed by atoms with Crippen LogP contribution in [-0.2, 0) is 7.05 Å². The number of benzene rings is 1. The summed E-state index contributed by atoms with van der Waals surface area (Å²) in [6, 6.07) is 9.58. The number of hydrogen-bond acceptors (Lipinski definition) is 4. The molecule has 6 rings (SSSR count). The first-order valence-corrected chi connectivity index (χ1v) is 11.1. The van der Waals surface area contributed by atoms with Crippen LogP contribution in [0.2, 0.25) is 5.02 Å². The van der Waals surface area contributed by atoms with Crippen LogP contribution in [0.1, 0.15) is 50.5 Å². The fourth-order valence-corrected chi connectivity index (χ4v) is 5.13. The molecule has 1 atom stereocenters. The van der Waals surface area contributed by atoms with Gasteiger partial charge < -0.3 is 9.88 Å². The van der Waals surface area contributed by atoms with Gasteiger partial charge in [0.1, 0.15) is 11.9 Å². The van der Waals surface area contributed by atoms with E-state index in [1.54, 1.807) is 0 Å². The highest BCUT2D eigenvalue weighted by Crippen LogP contribution is 2.45. The third-order valence-corrected chi connectivity index (χ3v) is 6.99. The van der Waals surface area contributed by atoms with Gasteiger partial charge in [0.25, 0.3) is 5.91 Å². The van der Waals surface area contributed by atoms with Crippen molar-refractivity contribution in [3.8, 4) is 0 Å². The quantitative estimate of drug-likeness (QED) is 0.520. The molecule has 1 saturated heterocycles. The second kappa shape index (κ2) is 6.92. The summed E-state index contributed by atoms with van der Waals surface area (Å²) >= 11 is 6.19. The Morgan fingerprint density at radius 2 is 1.84 bits per heavy atom. The summed E-state index contributed by atoms with van der Waals surface area (Å²) in [7, 11) is 2.03. The van der Waals surface area contributed by atoms with Crippen LogP contribution in [-0.4, -0.2) is 38.2 Å². The highest BCUT2D eigenvalue weighted by atomic mass is 35.5. The van der Waals surface area contributed by atoms with Crippen molar-refractivity contribution in [2.24, 2.45) is 7.05 Å². The number of halogens is 1. The van der Waals surface area contributed by atoms with Gasteiger partial charge in [0.2, 0.25) is 0 Å². The Hall–Kier alpha value is -3.16. The monoisotopic (exact) mass is 446 g/mol. The zero-order chi connectivity index (χ0) is 22.1. The molecule has 0 bridgehead atoms. The second-order valence-corrected chi connectivity index (χ2v) is 9.20. The average Bonchev–Trinajstić information content (AvgIpc) is 3.35. The van der Waals surface area contributed by atoms with Crippen molar-refractivity contribution in [2.75, 3.05) is 18.0 Å². The largest absolute Gasteiger partial charge is 0.351 e. The number of aromatic nitrogens is 4. The Kier molecular flexibility index (Phi) is 4.22. The molecule has 0 radical (unpaired) electrons. The van der Waals surface area contributed by atoms with Gasteiger partial charge in [0.05, 0.1) is 16.9 Å². The van der Waals surface area contributed by atoms with Gasteiger partial charge in [-0.1, -0.05) is 23.7 Å². The van der Waals surface area contributed by atoms with Gasteiger partial charge in [-0.15, -0.1) is 10.2 Å². The number of rotatable bonds is 3. The Morgan fingerprint density at radius 3 is 2.53 bits per heavy atom. The van der Waals surface area contributed by atoms with E-state index in [4.69, 9.17) is 11.6 Å². The van der Waals surface area contributed by atoms with Crippen molar-refractivity contribution >= 4 is 28.8 Å². The van der Waals surface area contributed by atoms with E-state index in [2.05, 4.69) is 26.3 Å². The zero-order valence-electron chi connectivity index (χ0n) is 18.1. The maximum Gasteiger partial charge on any atom is 0.261 e. The summed E-state index contributed by atoms with van der Waals surface area (Å²) in [6.07, 6.45) is 4.10. The SMILES string of the molecule is Cc1cc(N2C(=O)c3c(C4CNC4)cn(C)c3C2c2ccc(Cl)cc2)cn2c(C)nnc12. The van der Waals surface area contributed by atoms with Crippen LogP contribution in [0.5, 0.6) is 0 Å². The second-order valence-electron chi connectivity index (χ2n) is 8.76. The van der Waals surface area contributed by atoms with Gasteiger partial charge in [0, 0.05) is 43.5 Å². The molecule has 1 fully saturated rings. The predicted molar refractivity (Wildman–Crippen MR) is 124 cm³/mol. The summed E-state index contributed by atoms with van der Waals surface area (Å²) < 4.78 is 4.08. The van der Waals surface area contributed by atoms with Crippen molar-refractivity contribution in [3.63, 3.8) is 0 Å². The zero-order valence-corrected chi connectivity index (χ0v) is 18.9. The van der Waals surface area contributed by atoms with E-state index in [-0.39, 0.29) is 11.9 Å². The van der Waals surface area contributed by atoms with E-state index in [0.717, 1.165) is 58.2 Å². The van der Waals surface area contributed by atoms with Gasteiger partial charge in [0.15, 0.2) is 5.65 Å². The van der Waals surface area contributed by atoms with Crippen molar-refractivity contribution in [1.29, 1.82) is 0 Å². The molecule has 32 heavy (non-hydrogen) atoms. The normalized spacial score (nSPS) is 18.4. The lowest BCUT2D eigenvalue weighted by molar-refractivity contribution is 0.0992. The highest BCUT2D eigenvalue weighted by molar-refractivity contribution is 6.30. The molecule has 162 valence electrons. The van der Waals surface area contributed by atoms with Crippen molar-refractivity contribution in [2.45, 2.75) is 25.8 Å². The molecule has 3 aromatic heterocycles. The number of nitrogens with one attached hydrogen (secondary N) is 1. The van der Waals surface area contributed by atoms with E-state index >= 15 is 0 Å². The Bertz CT molecular complexity index is 1380. The fourth-order valence-electron chi connectivity index (χ4n) is 5.01. The van der Waals surface area contributed by atoms with Crippen molar-refractivity contribution < 1.29 is 4.79 Å². The number of carbonyl (C=O) groups excluding carboxylic acids is 1. The summed E-state index contributed by atoms with van der Waals surface area (Å²) in [4.78, 5) is 15.9. The van der Waals surface area contributed by atoms with Crippen LogP contribution < -0.4 is 10.2 Å². The molecule has 0 spiro atoms. The van der Waals surface area contributed by atoms with Crippen LogP contribution in [0, 0.1) is 13.8 Å². The van der Waals surface area contributed by atoms with Crippen LogP contribution in [0.3, 0.4) is 0 Å². The van der Waals surface area contributed by atoms with Gasteiger partial charge in [-0.2, -0.15) is 0 Å². The predicted octanol–water partition coefficient (Wildman–Crippen LogP) is 3.77. The lowest BCUT2D eigenvalue weighted by atomic mass is 9.92.